The van der Waals surface area contributed by atoms with Crippen LogP contribution in [-0.2, 0) is 11.3 Å². The van der Waals surface area contributed by atoms with E-state index >= 15 is 0 Å². The lowest BCUT2D eigenvalue weighted by molar-refractivity contribution is -0.132. The first-order valence-corrected chi connectivity index (χ1v) is 10.6. The van der Waals surface area contributed by atoms with Gasteiger partial charge in [0.2, 0.25) is 5.91 Å². The van der Waals surface area contributed by atoms with E-state index < -0.39 is 0 Å². The van der Waals surface area contributed by atoms with E-state index in [4.69, 9.17) is 9.47 Å². The van der Waals surface area contributed by atoms with Gasteiger partial charge >= 0.3 is 0 Å². The Hall–Kier alpha value is -2.58. The molecule has 2 amide bonds. The van der Waals surface area contributed by atoms with E-state index in [-0.39, 0.29) is 18.4 Å². The van der Waals surface area contributed by atoms with E-state index in [1.807, 2.05) is 24.3 Å². The Morgan fingerprint density at radius 2 is 1.70 bits per heavy atom. The van der Waals surface area contributed by atoms with Gasteiger partial charge in [-0.2, -0.15) is 0 Å². The van der Waals surface area contributed by atoms with E-state index in [0.717, 1.165) is 23.1 Å². The fourth-order valence-corrected chi connectivity index (χ4v) is 3.60. The fourth-order valence-electron chi connectivity index (χ4n) is 3.34. The number of ether oxygens (including phenoxy) is 2. The largest absolute Gasteiger partial charge is 0.493 e. The molecule has 1 aliphatic rings. The summed E-state index contributed by atoms with van der Waals surface area (Å²) in [5.74, 6) is 0.732. The number of methoxy groups -OCH3 is 2. The molecule has 3 rings (SSSR count). The highest BCUT2D eigenvalue weighted by Gasteiger charge is 2.24. The minimum atomic E-state index is -0.234. The molecule has 1 heterocycles. The Morgan fingerprint density at radius 3 is 2.33 bits per heavy atom. The minimum Gasteiger partial charge on any atom is -0.493 e. The van der Waals surface area contributed by atoms with E-state index in [9.17, 15) is 9.59 Å². The molecule has 1 fully saturated rings. The molecule has 160 valence electrons. The number of hydrogen-bond donors (Lipinski definition) is 1. The molecular formula is C22H26BrN3O4. The zero-order chi connectivity index (χ0) is 21.5. The van der Waals surface area contributed by atoms with E-state index in [0.29, 0.717) is 36.7 Å². The monoisotopic (exact) mass is 475 g/mol. The third-order valence-corrected chi connectivity index (χ3v) is 5.53. The van der Waals surface area contributed by atoms with Gasteiger partial charge in [-0.1, -0.05) is 28.1 Å². The molecule has 0 aromatic heterocycles. The Balaban J connectivity index is 1.84. The molecule has 0 atom stereocenters. The number of piperazine rings is 1. The summed E-state index contributed by atoms with van der Waals surface area (Å²) in [5.41, 5.74) is 1.39. The zero-order valence-corrected chi connectivity index (χ0v) is 18.8. The van der Waals surface area contributed by atoms with Gasteiger partial charge in [-0.25, -0.2) is 0 Å². The molecule has 0 bridgehead atoms. The number of hydrogen-bond acceptors (Lipinski definition) is 5. The SMILES string of the molecule is COc1ccc(C(=O)N(CC(=O)N2CCNCC2)Cc2ccc(Br)cc2)cc1OC. The van der Waals surface area contributed by atoms with Crippen molar-refractivity contribution in [2.24, 2.45) is 0 Å². The van der Waals surface area contributed by atoms with Gasteiger partial charge in [0.15, 0.2) is 11.5 Å². The molecule has 8 heteroatoms. The van der Waals surface area contributed by atoms with Gasteiger partial charge in [0.25, 0.3) is 5.91 Å². The van der Waals surface area contributed by atoms with Crippen molar-refractivity contribution in [1.82, 2.24) is 15.1 Å². The van der Waals surface area contributed by atoms with E-state index in [1.54, 1.807) is 35.1 Å². The van der Waals surface area contributed by atoms with Crippen LogP contribution in [0.15, 0.2) is 46.9 Å². The maximum Gasteiger partial charge on any atom is 0.254 e. The molecule has 0 radical (unpaired) electrons. The van der Waals surface area contributed by atoms with Crippen molar-refractivity contribution < 1.29 is 19.1 Å². The van der Waals surface area contributed by atoms with Crippen LogP contribution in [0.4, 0.5) is 0 Å². The van der Waals surface area contributed by atoms with Crippen LogP contribution in [0.5, 0.6) is 11.5 Å². The maximum absolute atomic E-state index is 13.3. The van der Waals surface area contributed by atoms with Crippen LogP contribution in [-0.4, -0.2) is 68.6 Å². The second-order valence-electron chi connectivity index (χ2n) is 6.99. The summed E-state index contributed by atoms with van der Waals surface area (Å²) in [6.45, 7) is 3.18. The second-order valence-corrected chi connectivity index (χ2v) is 7.90. The Bertz CT molecular complexity index is 882. The lowest BCUT2D eigenvalue weighted by Crippen LogP contribution is -2.50. The average molecular weight is 476 g/mol. The lowest BCUT2D eigenvalue weighted by Gasteiger charge is -2.30. The van der Waals surface area contributed by atoms with Crippen molar-refractivity contribution in [3.8, 4) is 11.5 Å². The maximum atomic E-state index is 13.3. The summed E-state index contributed by atoms with van der Waals surface area (Å²) in [6.07, 6.45) is 0. The first-order chi connectivity index (χ1) is 14.5. The topological polar surface area (TPSA) is 71.1 Å². The van der Waals surface area contributed by atoms with Crippen molar-refractivity contribution in [3.63, 3.8) is 0 Å². The van der Waals surface area contributed by atoms with Crippen molar-refractivity contribution in [1.29, 1.82) is 0 Å². The zero-order valence-electron chi connectivity index (χ0n) is 17.2. The summed E-state index contributed by atoms with van der Waals surface area (Å²) < 4.78 is 11.6. The lowest BCUT2D eigenvalue weighted by atomic mass is 10.1. The van der Waals surface area contributed by atoms with Gasteiger partial charge in [-0.15, -0.1) is 0 Å². The molecule has 0 spiro atoms. The number of carbonyl (C=O) groups excluding carboxylic acids is 2. The first-order valence-electron chi connectivity index (χ1n) is 9.76. The quantitative estimate of drug-likeness (QED) is 0.666. The molecule has 2 aromatic rings. The third-order valence-electron chi connectivity index (χ3n) is 5.00. The summed E-state index contributed by atoms with van der Waals surface area (Å²) in [5, 5.41) is 3.24. The Morgan fingerprint density at radius 1 is 1.03 bits per heavy atom. The van der Waals surface area contributed by atoms with E-state index in [1.165, 1.54) is 7.11 Å². The Labute approximate surface area is 185 Å². The van der Waals surface area contributed by atoms with Crippen LogP contribution in [0.2, 0.25) is 0 Å². The molecule has 1 N–H and O–H groups in total. The van der Waals surface area contributed by atoms with Crippen LogP contribution < -0.4 is 14.8 Å². The molecule has 1 aliphatic heterocycles. The summed E-state index contributed by atoms with van der Waals surface area (Å²) in [4.78, 5) is 29.6. The van der Waals surface area contributed by atoms with Crippen LogP contribution in [0.3, 0.4) is 0 Å². The van der Waals surface area contributed by atoms with Gasteiger partial charge in [-0.3, -0.25) is 9.59 Å². The number of halogens is 1. The van der Waals surface area contributed by atoms with Gasteiger partial charge in [0, 0.05) is 42.8 Å². The van der Waals surface area contributed by atoms with Crippen LogP contribution in [0.1, 0.15) is 15.9 Å². The van der Waals surface area contributed by atoms with Gasteiger partial charge in [0.05, 0.1) is 14.2 Å². The predicted molar refractivity (Wildman–Crippen MR) is 118 cm³/mol. The van der Waals surface area contributed by atoms with Gasteiger partial charge < -0.3 is 24.6 Å². The van der Waals surface area contributed by atoms with Crippen molar-refractivity contribution in [2.45, 2.75) is 6.54 Å². The van der Waals surface area contributed by atoms with Crippen LogP contribution in [0, 0.1) is 0 Å². The predicted octanol–water partition coefficient (Wildman–Crippen LogP) is 2.54. The summed E-state index contributed by atoms with van der Waals surface area (Å²) in [7, 11) is 3.07. The number of benzene rings is 2. The minimum absolute atomic E-state index is 0.0171. The highest BCUT2D eigenvalue weighted by molar-refractivity contribution is 9.10. The molecular weight excluding hydrogens is 450 g/mol. The normalized spacial score (nSPS) is 13.6. The smallest absolute Gasteiger partial charge is 0.254 e. The summed E-state index contributed by atoms with van der Waals surface area (Å²) >= 11 is 3.43. The first kappa shape index (κ1) is 22.1. The van der Waals surface area contributed by atoms with Crippen molar-refractivity contribution >= 4 is 27.7 Å². The van der Waals surface area contributed by atoms with Gasteiger partial charge in [-0.05, 0) is 35.9 Å². The van der Waals surface area contributed by atoms with Crippen LogP contribution >= 0.6 is 15.9 Å². The van der Waals surface area contributed by atoms with Gasteiger partial charge in [0.1, 0.15) is 6.54 Å². The molecule has 30 heavy (non-hydrogen) atoms. The number of nitrogens with one attached hydrogen (secondary N) is 1. The fraction of sp³-hybridized carbons (Fsp3) is 0.364. The highest BCUT2D eigenvalue weighted by Crippen LogP contribution is 2.28. The molecule has 0 aliphatic carbocycles. The van der Waals surface area contributed by atoms with Crippen LogP contribution in [0.25, 0.3) is 0 Å². The average Bonchev–Trinajstić information content (AvgIpc) is 2.79. The van der Waals surface area contributed by atoms with Crippen molar-refractivity contribution in [2.75, 3.05) is 46.9 Å². The number of carbonyl (C=O) groups is 2. The molecule has 0 unspecified atom stereocenters. The number of amides is 2. The molecule has 2 aromatic carbocycles. The summed E-state index contributed by atoms with van der Waals surface area (Å²) in [6, 6.07) is 12.8. The Kier molecular flexibility index (Phi) is 7.70. The molecule has 0 saturated carbocycles. The van der Waals surface area contributed by atoms with Crippen molar-refractivity contribution in [3.05, 3.63) is 58.1 Å². The standard InChI is InChI=1S/C22H26BrN3O4/c1-29-19-8-5-17(13-20(19)30-2)22(28)26(14-16-3-6-18(23)7-4-16)15-21(27)25-11-9-24-10-12-25/h3-8,13,24H,9-12,14-15H2,1-2H3. The third kappa shape index (κ3) is 5.52. The number of rotatable bonds is 7. The number of nitrogens with zero attached hydrogens (tertiary/aromatic N) is 2. The second kappa shape index (κ2) is 10.4. The highest BCUT2D eigenvalue weighted by atomic mass is 79.9. The molecule has 7 nitrogen and oxygen atoms in total. The molecule has 1 saturated heterocycles. The van der Waals surface area contributed by atoms with E-state index in [2.05, 4.69) is 21.2 Å².